The second-order valence-corrected chi connectivity index (χ2v) is 13.7. The molecule has 1 unspecified atom stereocenters. The minimum absolute atomic E-state index is 0.0624. The Morgan fingerprint density at radius 1 is 1.26 bits per heavy atom. The molecule has 216 valence electrons. The van der Waals surface area contributed by atoms with Crippen LogP contribution < -0.4 is 9.64 Å². The average Bonchev–Trinajstić information content (AvgIpc) is 2.87. The van der Waals surface area contributed by atoms with Crippen LogP contribution in [0.4, 0.5) is 10.5 Å². The molecule has 1 saturated heterocycles. The lowest BCUT2D eigenvalue weighted by Crippen LogP contribution is -2.62. The number of hydrogen-bond acceptors (Lipinski definition) is 7. The third-order valence-electron chi connectivity index (χ3n) is 6.89. The quantitative estimate of drug-likeness (QED) is 0.224. The van der Waals surface area contributed by atoms with Gasteiger partial charge in [0.15, 0.2) is 5.72 Å². The van der Waals surface area contributed by atoms with Crippen LogP contribution in [0.2, 0.25) is 5.02 Å². The fourth-order valence-corrected chi connectivity index (χ4v) is 6.22. The predicted molar refractivity (Wildman–Crippen MR) is 167 cm³/mol. The molecule has 1 N–H and O–H groups in total. The Morgan fingerprint density at radius 3 is 2.59 bits per heavy atom. The van der Waals surface area contributed by atoms with Crippen LogP contribution in [0, 0.1) is 0 Å². The number of benzene rings is 1. The Hall–Kier alpha value is -1.13. The highest BCUT2D eigenvalue weighted by Crippen LogP contribution is 2.40. The SMILES string of the molecule is COc1cc2cc(c1Cl)N(C)C(=O)CC[C@@](C)(I)OC(C)[C@@H]1C[C@](O)([C@H](OC)/C=C/C=C(\C)C2)N(I)C(=O)O1. The van der Waals surface area contributed by atoms with Gasteiger partial charge in [-0.25, -0.2) is 7.91 Å². The maximum Gasteiger partial charge on any atom is 0.421 e. The largest absolute Gasteiger partial charge is 0.495 e. The topological polar surface area (TPSA) is 97.8 Å². The lowest BCUT2D eigenvalue weighted by Gasteiger charge is -2.46. The van der Waals surface area contributed by atoms with Crippen molar-refractivity contribution < 1.29 is 33.6 Å². The van der Waals surface area contributed by atoms with Crippen molar-refractivity contribution in [1.82, 2.24) is 3.11 Å². The first kappa shape index (κ1) is 32.4. The van der Waals surface area contributed by atoms with Gasteiger partial charge in [0, 0.05) is 27.0 Å². The minimum atomic E-state index is -1.67. The van der Waals surface area contributed by atoms with Gasteiger partial charge in [-0.2, -0.15) is 0 Å². The normalized spacial score (nSPS) is 33.3. The average molecular weight is 789 g/mol. The third kappa shape index (κ3) is 7.59. The molecule has 1 aromatic carbocycles. The summed E-state index contributed by atoms with van der Waals surface area (Å²) in [7, 11) is 4.72. The lowest BCUT2D eigenvalue weighted by molar-refractivity contribution is -0.188. The van der Waals surface area contributed by atoms with E-state index in [2.05, 4.69) is 22.6 Å². The molecule has 3 rings (SSSR count). The summed E-state index contributed by atoms with van der Waals surface area (Å²) in [6.07, 6.45) is 3.81. The molecule has 2 aliphatic rings. The van der Waals surface area contributed by atoms with Crippen molar-refractivity contribution in [3.8, 4) is 5.75 Å². The number of fused-ring (bicyclic) bond motifs is 4. The number of amides is 2. The summed E-state index contributed by atoms with van der Waals surface area (Å²) in [4.78, 5) is 27.5. The highest BCUT2D eigenvalue weighted by atomic mass is 127. The second-order valence-electron chi connectivity index (χ2n) is 10.0. The first-order valence-corrected chi connectivity index (χ1v) is 14.9. The van der Waals surface area contributed by atoms with Gasteiger partial charge in [-0.3, -0.25) is 4.79 Å². The molecule has 0 aromatic heterocycles. The zero-order chi connectivity index (χ0) is 29.1. The molecule has 9 nitrogen and oxygen atoms in total. The molecule has 2 heterocycles. The Kier molecular flexibility index (Phi) is 11.0. The summed E-state index contributed by atoms with van der Waals surface area (Å²) in [5.41, 5.74) is 0.809. The number of ether oxygens (including phenoxy) is 4. The van der Waals surface area contributed by atoms with E-state index in [1.807, 2.05) is 32.1 Å². The van der Waals surface area contributed by atoms with Crippen LogP contribution in [0.3, 0.4) is 0 Å². The molecule has 12 heteroatoms. The summed E-state index contributed by atoms with van der Waals surface area (Å²) in [6, 6.07) is 3.74. The van der Waals surface area contributed by atoms with Crippen molar-refractivity contribution in [2.75, 3.05) is 26.2 Å². The van der Waals surface area contributed by atoms with E-state index in [0.29, 0.717) is 29.3 Å². The van der Waals surface area contributed by atoms with Crippen molar-refractivity contribution in [2.45, 2.75) is 74.1 Å². The zero-order valence-electron chi connectivity index (χ0n) is 22.9. The number of carbonyl (C=O) groups excluding carboxylic acids is 2. The van der Waals surface area contributed by atoms with E-state index in [0.717, 1.165) is 14.2 Å². The van der Waals surface area contributed by atoms with Gasteiger partial charge in [-0.05, 0) is 73.9 Å². The lowest BCUT2D eigenvalue weighted by atomic mass is 9.94. The molecule has 4 bridgehead atoms. The maximum atomic E-state index is 13.2. The van der Waals surface area contributed by atoms with Crippen molar-refractivity contribution in [3.05, 3.63) is 46.5 Å². The predicted octanol–water partition coefficient (Wildman–Crippen LogP) is 5.97. The van der Waals surface area contributed by atoms with E-state index in [1.54, 1.807) is 61.0 Å². The van der Waals surface area contributed by atoms with E-state index in [1.165, 1.54) is 7.11 Å². The summed E-state index contributed by atoms with van der Waals surface area (Å²) in [6.45, 7) is 5.63. The molecule has 2 amide bonds. The Balaban J connectivity index is 2.06. The first-order chi connectivity index (χ1) is 18.2. The van der Waals surface area contributed by atoms with Gasteiger partial charge in [0.2, 0.25) is 5.91 Å². The monoisotopic (exact) mass is 788 g/mol. The molecule has 39 heavy (non-hydrogen) atoms. The number of halogens is 3. The van der Waals surface area contributed by atoms with Gasteiger partial charge in [-0.15, -0.1) is 0 Å². The molecule has 0 spiro atoms. The fourth-order valence-electron chi connectivity index (χ4n) is 4.65. The van der Waals surface area contributed by atoms with E-state index in [4.69, 9.17) is 30.5 Å². The number of nitrogens with zero attached hydrogens (tertiary/aromatic N) is 2. The summed E-state index contributed by atoms with van der Waals surface area (Å²) >= 11 is 10.5. The number of hydrogen-bond donors (Lipinski definition) is 1. The van der Waals surface area contributed by atoms with Crippen LogP contribution in [0.15, 0.2) is 35.9 Å². The van der Waals surface area contributed by atoms with E-state index < -0.39 is 33.7 Å². The molecule has 5 atom stereocenters. The number of allylic oxidation sites excluding steroid dienone is 3. The molecule has 1 aromatic rings. The molecule has 0 aliphatic carbocycles. The molecule has 1 fully saturated rings. The standard InChI is InChI=1S/C27H35ClI2N2O7/c1-16-8-7-9-22(37-6)27(35)15-21(38-25(34)32(27)30)17(2)39-26(3,29)11-10-23(33)31(4)19-13-18(12-16)14-20(36-5)24(19)28/h7-9,13-14,17,21-22,35H,10-12,15H2,1-6H3/b9-7+,16-8+/t17?,21-,22+,26-,27-/m0/s1. The van der Waals surface area contributed by atoms with E-state index in [9.17, 15) is 14.7 Å². The number of alkyl halides is 1. The highest BCUT2D eigenvalue weighted by molar-refractivity contribution is 14.1. The molecular weight excluding hydrogens is 754 g/mol. The number of rotatable bonds is 2. The van der Waals surface area contributed by atoms with Gasteiger partial charge < -0.3 is 29.0 Å². The number of aliphatic hydroxyl groups is 1. The van der Waals surface area contributed by atoms with Gasteiger partial charge in [0.1, 0.15) is 26.6 Å². The maximum absolute atomic E-state index is 13.2. The van der Waals surface area contributed by atoms with Crippen molar-refractivity contribution in [1.29, 1.82) is 0 Å². The summed E-state index contributed by atoms with van der Waals surface area (Å²) < 4.78 is 23.4. The van der Waals surface area contributed by atoms with Crippen LogP contribution >= 0.6 is 57.1 Å². The Labute approximate surface area is 262 Å². The number of anilines is 1. The first-order valence-electron chi connectivity index (χ1n) is 12.5. The fraction of sp³-hybridized carbons (Fsp3) is 0.556. The van der Waals surface area contributed by atoms with Gasteiger partial charge in [-0.1, -0.05) is 35.4 Å². The van der Waals surface area contributed by atoms with Crippen molar-refractivity contribution in [2.24, 2.45) is 0 Å². The van der Waals surface area contributed by atoms with Crippen LogP contribution in [-0.2, 0) is 25.4 Å². The number of carbonyl (C=O) groups is 2. The van der Waals surface area contributed by atoms with E-state index in [-0.39, 0.29) is 18.7 Å². The van der Waals surface area contributed by atoms with Gasteiger partial charge in [0.25, 0.3) is 0 Å². The smallest absolute Gasteiger partial charge is 0.421 e. The zero-order valence-corrected chi connectivity index (χ0v) is 27.9. The molecule has 0 saturated carbocycles. The van der Waals surface area contributed by atoms with Crippen LogP contribution in [0.25, 0.3) is 0 Å². The van der Waals surface area contributed by atoms with E-state index >= 15 is 0 Å². The third-order valence-corrected chi connectivity index (χ3v) is 9.29. The van der Waals surface area contributed by atoms with Gasteiger partial charge in [0.05, 0.1) is 41.8 Å². The Morgan fingerprint density at radius 2 is 1.95 bits per heavy atom. The van der Waals surface area contributed by atoms with Crippen LogP contribution in [-0.4, -0.2) is 69.1 Å². The van der Waals surface area contributed by atoms with Crippen LogP contribution in [0.1, 0.15) is 45.6 Å². The van der Waals surface area contributed by atoms with Crippen molar-refractivity contribution in [3.63, 3.8) is 0 Å². The molecule has 2 aliphatic heterocycles. The molecular formula is C27H35ClI2N2O7. The Bertz CT molecular complexity index is 1150. The number of methoxy groups -OCH3 is 2. The minimum Gasteiger partial charge on any atom is -0.495 e. The van der Waals surface area contributed by atoms with Gasteiger partial charge >= 0.3 is 6.09 Å². The van der Waals surface area contributed by atoms with Crippen molar-refractivity contribution >= 4 is 74.7 Å². The van der Waals surface area contributed by atoms with Crippen LogP contribution in [0.5, 0.6) is 5.75 Å². The summed E-state index contributed by atoms with van der Waals surface area (Å²) in [5, 5.41) is 12.0. The highest BCUT2D eigenvalue weighted by Gasteiger charge is 2.52. The summed E-state index contributed by atoms with van der Waals surface area (Å²) in [5.74, 6) is 0.347. The molecule has 0 radical (unpaired) electrons. The second kappa shape index (κ2) is 13.2.